The van der Waals surface area contributed by atoms with Crippen LogP contribution < -0.4 is 15.2 Å². The summed E-state index contributed by atoms with van der Waals surface area (Å²) >= 11 is 0. The van der Waals surface area contributed by atoms with Crippen LogP contribution in [0.25, 0.3) is 0 Å². The highest BCUT2D eigenvalue weighted by Crippen LogP contribution is 2.31. The molecule has 0 bridgehead atoms. The van der Waals surface area contributed by atoms with E-state index in [1.54, 1.807) is 6.20 Å². The maximum atomic E-state index is 5.81. The number of para-hydroxylation sites is 2. The minimum atomic E-state index is -0.0794. The zero-order chi connectivity index (χ0) is 14.4. The first-order chi connectivity index (χ1) is 9.70. The smallest absolute Gasteiger partial charge is 0.169 e. The van der Waals surface area contributed by atoms with E-state index in [4.69, 9.17) is 15.2 Å². The molecule has 4 heteroatoms. The molecule has 1 aromatic heterocycles. The molecule has 1 aromatic carbocycles. The van der Waals surface area contributed by atoms with Crippen molar-refractivity contribution in [1.82, 2.24) is 4.98 Å². The van der Waals surface area contributed by atoms with E-state index in [9.17, 15) is 0 Å². The molecule has 2 rings (SSSR count). The molecule has 1 heterocycles. The lowest BCUT2D eigenvalue weighted by Crippen LogP contribution is -2.06. The number of benzene rings is 1. The molecule has 0 fully saturated rings. The zero-order valence-electron chi connectivity index (χ0n) is 11.9. The molecule has 0 saturated heterocycles. The summed E-state index contributed by atoms with van der Waals surface area (Å²) in [6, 6.07) is 11.3. The van der Waals surface area contributed by atoms with Crippen LogP contribution in [0.1, 0.15) is 32.0 Å². The van der Waals surface area contributed by atoms with Gasteiger partial charge in [-0.1, -0.05) is 19.1 Å². The molecule has 0 aliphatic carbocycles. The topological polar surface area (TPSA) is 57.4 Å². The maximum Gasteiger partial charge on any atom is 0.169 e. The Morgan fingerprint density at radius 3 is 2.50 bits per heavy atom. The molecule has 2 aromatic rings. The van der Waals surface area contributed by atoms with Crippen molar-refractivity contribution >= 4 is 0 Å². The van der Waals surface area contributed by atoms with Gasteiger partial charge in [-0.3, -0.25) is 4.98 Å². The number of nitrogens with zero attached hydrogens (tertiary/aromatic N) is 1. The Morgan fingerprint density at radius 1 is 1.15 bits per heavy atom. The van der Waals surface area contributed by atoms with Crippen molar-refractivity contribution < 1.29 is 9.47 Å². The van der Waals surface area contributed by atoms with E-state index < -0.39 is 0 Å². The van der Waals surface area contributed by atoms with Gasteiger partial charge in [-0.2, -0.15) is 0 Å². The molecule has 106 valence electrons. The van der Waals surface area contributed by atoms with Gasteiger partial charge in [0.1, 0.15) is 5.75 Å². The summed E-state index contributed by atoms with van der Waals surface area (Å²) < 4.78 is 11.5. The molecule has 1 atom stereocenters. The lowest BCUT2D eigenvalue weighted by atomic mass is 10.2. The minimum absolute atomic E-state index is 0.0794. The monoisotopic (exact) mass is 272 g/mol. The third-order valence-electron chi connectivity index (χ3n) is 2.76. The van der Waals surface area contributed by atoms with Crippen LogP contribution in [-0.2, 0) is 0 Å². The number of ether oxygens (including phenoxy) is 2. The Labute approximate surface area is 119 Å². The van der Waals surface area contributed by atoms with Gasteiger partial charge in [-0.05, 0) is 37.6 Å². The van der Waals surface area contributed by atoms with Gasteiger partial charge in [0.05, 0.1) is 18.5 Å². The fourth-order valence-electron chi connectivity index (χ4n) is 1.71. The van der Waals surface area contributed by atoms with E-state index in [2.05, 4.69) is 11.9 Å². The summed E-state index contributed by atoms with van der Waals surface area (Å²) in [4.78, 5) is 4.28. The molecule has 0 aliphatic rings. The van der Waals surface area contributed by atoms with Gasteiger partial charge in [0.2, 0.25) is 0 Å². The summed E-state index contributed by atoms with van der Waals surface area (Å²) in [5.74, 6) is 2.10. The normalized spacial score (nSPS) is 11.9. The molecular weight excluding hydrogens is 252 g/mol. The third kappa shape index (κ3) is 3.71. The van der Waals surface area contributed by atoms with E-state index in [1.165, 1.54) is 0 Å². The molecular formula is C16H20N2O2. The number of pyridine rings is 1. The summed E-state index contributed by atoms with van der Waals surface area (Å²) in [7, 11) is 0. The maximum absolute atomic E-state index is 5.81. The highest BCUT2D eigenvalue weighted by atomic mass is 16.5. The molecule has 0 amide bonds. The average molecular weight is 272 g/mol. The fraction of sp³-hybridized carbons (Fsp3) is 0.312. The third-order valence-corrected chi connectivity index (χ3v) is 2.76. The molecule has 0 spiro atoms. The lowest BCUT2D eigenvalue weighted by Gasteiger charge is -2.12. The van der Waals surface area contributed by atoms with Crippen LogP contribution in [0.2, 0.25) is 0 Å². The van der Waals surface area contributed by atoms with Gasteiger partial charge >= 0.3 is 0 Å². The molecule has 0 aliphatic heterocycles. The molecule has 0 radical (unpaired) electrons. The van der Waals surface area contributed by atoms with Crippen LogP contribution in [0.15, 0.2) is 42.6 Å². The van der Waals surface area contributed by atoms with E-state index in [0.29, 0.717) is 18.1 Å². The first-order valence-corrected chi connectivity index (χ1v) is 6.82. The summed E-state index contributed by atoms with van der Waals surface area (Å²) in [5.41, 5.74) is 6.61. The van der Waals surface area contributed by atoms with Crippen molar-refractivity contribution in [2.45, 2.75) is 26.3 Å². The predicted molar refractivity (Wildman–Crippen MR) is 79.1 cm³/mol. The quantitative estimate of drug-likeness (QED) is 0.871. The summed E-state index contributed by atoms with van der Waals surface area (Å²) in [6.07, 6.45) is 2.63. The number of hydrogen-bond acceptors (Lipinski definition) is 4. The van der Waals surface area contributed by atoms with Crippen molar-refractivity contribution in [2.75, 3.05) is 6.61 Å². The number of rotatable bonds is 6. The SMILES string of the molecule is CCCOc1ccccc1Oc1ccc([C@@H](C)N)nc1. The molecule has 0 saturated carbocycles. The van der Waals surface area contributed by atoms with Crippen molar-refractivity contribution in [3.8, 4) is 17.2 Å². The van der Waals surface area contributed by atoms with Gasteiger partial charge in [-0.25, -0.2) is 0 Å². The van der Waals surface area contributed by atoms with Crippen LogP contribution >= 0.6 is 0 Å². The van der Waals surface area contributed by atoms with Crippen LogP contribution in [0, 0.1) is 0 Å². The van der Waals surface area contributed by atoms with E-state index in [0.717, 1.165) is 17.9 Å². The van der Waals surface area contributed by atoms with Gasteiger partial charge in [0.25, 0.3) is 0 Å². The molecule has 20 heavy (non-hydrogen) atoms. The Kier molecular flexibility index (Phi) is 4.96. The minimum Gasteiger partial charge on any atom is -0.490 e. The van der Waals surface area contributed by atoms with Crippen molar-refractivity contribution in [3.63, 3.8) is 0 Å². The standard InChI is InChI=1S/C16H20N2O2/c1-3-10-19-15-6-4-5-7-16(15)20-13-8-9-14(12(2)17)18-11-13/h4-9,11-12H,3,10,17H2,1-2H3/t12-/m1/s1. The number of hydrogen-bond donors (Lipinski definition) is 1. The molecule has 4 nitrogen and oxygen atoms in total. The second-order valence-electron chi connectivity index (χ2n) is 4.60. The van der Waals surface area contributed by atoms with Gasteiger partial charge in [0, 0.05) is 6.04 Å². The Balaban J connectivity index is 2.13. The van der Waals surface area contributed by atoms with Gasteiger partial charge in [-0.15, -0.1) is 0 Å². The summed E-state index contributed by atoms with van der Waals surface area (Å²) in [5, 5.41) is 0. The van der Waals surface area contributed by atoms with Crippen LogP contribution in [0.3, 0.4) is 0 Å². The largest absolute Gasteiger partial charge is 0.490 e. The molecule has 0 unspecified atom stereocenters. The average Bonchev–Trinajstić information content (AvgIpc) is 2.47. The van der Waals surface area contributed by atoms with E-state index in [1.807, 2.05) is 43.3 Å². The summed E-state index contributed by atoms with van der Waals surface area (Å²) in [6.45, 7) is 4.64. The second kappa shape index (κ2) is 6.91. The first kappa shape index (κ1) is 14.3. The number of aromatic nitrogens is 1. The van der Waals surface area contributed by atoms with Crippen LogP contribution in [-0.4, -0.2) is 11.6 Å². The first-order valence-electron chi connectivity index (χ1n) is 6.82. The van der Waals surface area contributed by atoms with Gasteiger partial charge in [0.15, 0.2) is 11.5 Å². The number of nitrogens with two attached hydrogens (primary N) is 1. The fourth-order valence-corrected chi connectivity index (χ4v) is 1.71. The van der Waals surface area contributed by atoms with Crippen molar-refractivity contribution in [2.24, 2.45) is 5.73 Å². The van der Waals surface area contributed by atoms with Gasteiger partial charge < -0.3 is 15.2 Å². The highest BCUT2D eigenvalue weighted by Gasteiger charge is 2.06. The van der Waals surface area contributed by atoms with E-state index >= 15 is 0 Å². The van der Waals surface area contributed by atoms with E-state index in [-0.39, 0.29) is 6.04 Å². The van der Waals surface area contributed by atoms with Crippen molar-refractivity contribution in [3.05, 3.63) is 48.3 Å². The predicted octanol–water partition coefficient (Wildman–Crippen LogP) is 3.68. The second-order valence-corrected chi connectivity index (χ2v) is 4.60. The Bertz CT molecular complexity index is 538. The zero-order valence-corrected chi connectivity index (χ0v) is 11.9. The lowest BCUT2D eigenvalue weighted by molar-refractivity contribution is 0.302. The van der Waals surface area contributed by atoms with Crippen LogP contribution in [0.5, 0.6) is 17.2 Å². The van der Waals surface area contributed by atoms with Crippen molar-refractivity contribution in [1.29, 1.82) is 0 Å². The Hall–Kier alpha value is -2.07. The van der Waals surface area contributed by atoms with Crippen LogP contribution in [0.4, 0.5) is 0 Å². The Morgan fingerprint density at radius 2 is 1.90 bits per heavy atom. The molecule has 2 N–H and O–H groups in total. The highest BCUT2D eigenvalue weighted by molar-refractivity contribution is 5.42.